The van der Waals surface area contributed by atoms with Crippen LogP contribution in [-0.4, -0.2) is 23.8 Å². The molecule has 0 aromatic carbocycles. The summed E-state index contributed by atoms with van der Waals surface area (Å²) >= 11 is 0. The minimum Gasteiger partial charge on any atom is -0.392 e. The van der Waals surface area contributed by atoms with Crippen LogP contribution in [0.4, 0.5) is 0 Å². The molecule has 2 fully saturated rings. The molecule has 2 heteroatoms. The van der Waals surface area contributed by atoms with Crippen LogP contribution >= 0.6 is 0 Å². The van der Waals surface area contributed by atoms with Crippen LogP contribution in [0.1, 0.15) is 44.9 Å². The Morgan fingerprint density at radius 1 is 1.08 bits per heavy atom. The van der Waals surface area contributed by atoms with Gasteiger partial charge in [-0.15, -0.1) is 0 Å². The van der Waals surface area contributed by atoms with E-state index in [0.717, 1.165) is 18.9 Å². The minimum absolute atomic E-state index is 0.0682. The highest BCUT2D eigenvalue weighted by Gasteiger charge is 2.25. The zero-order chi connectivity index (χ0) is 9.10. The predicted octanol–water partition coefficient (Wildman–Crippen LogP) is 1.68. The van der Waals surface area contributed by atoms with E-state index in [0.29, 0.717) is 6.04 Å². The molecule has 0 saturated heterocycles. The molecular formula is C11H21NO. The van der Waals surface area contributed by atoms with Crippen molar-refractivity contribution in [2.45, 2.75) is 57.1 Å². The van der Waals surface area contributed by atoms with E-state index in [1.165, 1.54) is 38.5 Å². The monoisotopic (exact) mass is 183 g/mol. The molecule has 0 amide bonds. The number of nitrogens with one attached hydrogen (secondary N) is 1. The van der Waals surface area contributed by atoms with Crippen molar-refractivity contribution in [1.29, 1.82) is 0 Å². The van der Waals surface area contributed by atoms with E-state index in [2.05, 4.69) is 5.32 Å². The van der Waals surface area contributed by atoms with Crippen molar-refractivity contribution >= 4 is 0 Å². The predicted molar refractivity (Wildman–Crippen MR) is 53.6 cm³/mol. The van der Waals surface area contributed by atoms with Gasteiger partial charge in [-0.3, -0.25) is 0 Å². The van der Waals surface area contributed by atoms with Crippen LogP contribution in [0.15, 0.2) is 0 Å². The summed E-state index contributed by atoms with van der Waals surface area (Å²) in [4.78, 5) is 0. The maximum Gasteiger partial charge on any atom is 0.0693 e. The second-order valence-electron chi connectivity index (χ2n) is 4.64. The summed E-state index contributed by atoms with van der Waals surface area (Å²) in [6.07, 6.45) is 8.94. The number of hydrogen-bond acceptors (Lipinski definition) is 2. The van der Waals surface area contributed by atoms with Crippen molar-refractivity contribution in [3.63, 3.8) is 0 Å². The maximum absolute atomic E-state index is 9.56. The summed E-state index contributed by atoms with van der Waals surface area (Å²) < 4.78 is 0. The van der Waals surface area contributed by atoms with Gasteiger partial charge in [0.1, 0.15) is 0 Å². The molecule has 2 nitrogen and oxygen atoms in total. The van der Waals surface area contributed by atoms with Gasteiger partial charge in [0, 0.05) is 6.04 Å². The first-order valence-electron chi connectivity index (χ1n) is 5.78. The number of rotatable bonds is 4. The van der Waals surface area contributed by atoms with Gasteiger partial charge in [0.05, 0.1) is 6.10 Å². The molecule has 2 atom stereocenters. The molecule has 0 radical (unpaired) electrons. The smallest absolute Gasteiger partial charge is 0.0693 e. The lowest BCUT2D eigenvalue weighted by Crippen LogP contribution is -2.37. The number of aliphatic hydroxyl groups is 1. The Bertz CT molecular complexity index is 156. The molecule has 0 heterocycles. The highest BCUT2D eigenvalue weighted by Crippen LogP contribution is 2.29. The lowest BCUT2D eigenvalue weighted by atomic mass is 9.83. The van der Waals surface area contributed by atoms with Gasteiger partial charge in [0.2, 0.25) is 0 Å². The van der Waals surface area contributed by atoms with Crippen molar-refractivity contribution in [2.24, 2.45) is 5.92 Å². The highest BCUT2D eigenvalue weighted by atomic mass is 16.3. The van der Waals surface area contributed by atoms with Crippen molar-refractivity contribution < 1.29 is 5.11 Å². The summed E-state index contributed by atoms with van der Waals surface area (Å²) in [5.41, 5.74) is 0. The molecule has 0 aromatic rings. The molecule has 0 unspecified atom stereocenters. The van der Waals surface area contributed by atoms with Gasteiger partial charge in [-0.2, -0.15) is 0 Å². The molecule has 2 saturated carbocycles. The molecule has 76 valence electrons. The normalized spacial score (nSPS) is 34.8. The molecule has 2 aliphatic rings. The fourth-order valence-electron chi connectivity index (χ4n) is 2.43. The Morgan fingerprint density at radius 3 is 2.38 bits per heavy atom. The van der Waals surface area contributed by atoms with E-state index < -0.39 is 0 Å². The van der Waals surface area contributed by atoms with Gasteiger partial charge in [-0.1, -0.05) is 19.3 Å². The Morgan fingerprint density at radius 2 is 1.85 bits per heavy atom. The van der Waals surface area contributed by atoms with Crippen molar-refractivity contribution in [1.82, 2.24) is 5.32 Å². The topological polar surface area (TPSA) is 32.3 Å². The van der Waals surface area contributed by atoms with E-state index in [1.54, 1.807) is 0 Å². The number of hydrogen-bond donors (Lipinski definition) is 2. The lowest BCUT2D eigenvalue weighted by molar-refractivity contribution is 0.147. The SMILES string of the molecule is O[C@H]1CCC[C@@H]1NCCC1CCC1. The molecule has 13 heavy (non-hydrogen) atoms. The quantitative estimate of drug-likeness (QED) is 0.695. The zero-order valence-corrected chi connectivity index (χ0v) is 8.34. The van der Waals surface area contributed by atoms with Crippen LogP contribution in [0, 0.1) is 5.92 Å². The average Bonchev–Trinajstić information content (AvgIpc) is 2.42. The largest absolute Gasteiger partial charge is 0.392 e. The first-order valence-corrected chi connectivity index (χ1v) is 5.78. The van der Waals surface area contributed by atoms with Crippen LogP contribution in [0.2, 0.25) is 0 Å². The van der Waals surface area contributed by atoms with Crippen molar-refractivity contribution in [3.05, 3.63) is 0 Å². The zero-order valence-electron chi connectivity index (χ0n) is 8.34. The summed E-state index contributed by atoms with van der Waals surface area (Å²) in [6.45, 7) is 1.12. The lowest BCUT2D eigenvalue weighted by Gasteiger charge is -2.26. The molecule has 0 aromatic heterocycles. The van der Waals surface area contributed by atoms with Crippen molar-refractivity contribution in [2.75, 3.05) is 6.54 Å². The second-order valence-corrected chi connectivity index (χ2v) is 4.64. The third-order valence-electron chi connectivity index (χ3n) is 3.66. The summed E-state index contributed by atoms with van der Waals surface area (Å²) in [6, 6.07) is 0.403. The first kappa shape index (κ1) is 9.47. The average molecular weight is 183 g/mol. The van der Waals surface area contributed by atoms with E-state index in [-0.39, 0.29) is 6.10 Å². The van der Waals surface area contributed by atoms with Crippen LogP contribution in [-0.2, 0) is 0 Å². The van der Waals surface area contributed by atoms with Gasteiger partial charge in [-0.05, 0) is 38.1 Å². The third kappa shape index (κ3) is 2.44. The van der Waals surface area contributed by atoms with E-state index in [1.807, 2.05) is 0 Å². The summed E-state index contributed by atoms with van der Waals surface area (Å²) in [5, 5.41) is 13.0. The van der Waals surface area contributed by atoms with E-state index in [9.17, 15) is 5.11 Å². The molecule has 2 rings (SSSR count). The first-order chi connectivity index (χ1) is 6.36. The van der Waals surface area contributed by atoms with Gasteiger partial charge >= 0.3 is 0 Å². The molecular weight excluding hydrogens is 162 g/mol. The van der Waals surface area contributed by atoms with Crippen LogP contribution in [0.25, 0.3) is 0 Å². The summed E-state index contributed by atoms with van der Waals surface area (Å²) in [7, 11) is 0. The molecule has 2 N–H and O–H groups in total. The van der Waals surface area contributed by atoms with Crippen LogP contribution < -0.4 is 5.32 Å². The van der Waals surface area contributed by atoms with Crippen molar-refractivity contribution in [3.8, 4) is 0 Å². The van der Waals surface area contributed by atoms with Gasteiger partial charge < -0.3 is 10.4 Å². The standard InChI is InChI=1S/C11H21NO/c13-11-6-2-5-10(11)12-8-7-9-3-1-4-9/h9-13H,1-8H2/t10-,11-/m0/s1. The highest BCUT2D eigenvalue weighted by molar-refractivity contribution is 4.83. The van der Waals surface area contributed by atoms with Crippen LogP contribution in [0.5, 0.6) is 0 Å². The van der Waals surface area contributed by atoms with Gasteiger partial charge in [0.25, 0.3) is 0 Å². The third-order valence-corrected chi connectivity index (χ3v) is 3.66. The molecule has 0 aliphatic heterocycles. The fraction of sp³-hybridized carbons (Fsp3) is 1.00. The Kier molecular flexibility index (Phi) is 3.23. The Hall–Kier alpha value is -0.0800. The molecule has 0 spiro atoms. The fourth-order valence-corrected chi connectivity index (χ4v) is 2.43. The maximum atomic E-state index is 9.56. The van der Waals surface area contributed by atoms with Gasteiger partial charge in [-0.25, -0.2) is 0 Å². The van der Waals surface area contributed by atoms with E-state index >= 15 is 0 Å². The minimum atomic E-state index is -0.0682. The summed E-state index contributed by atoms with van der Waals surface area (Å²) in [5.74, 6) is 0.992. The Labute approximate surface area is 80.7 Å². The van der Waals surface area contributed by atoms with Gasteiger partial charge in [0.15, 0.2) is 0 Å². The van der Waals surface area contributed by atoms with E-state index in [4.69, 9.17) is 0 Å². The molecule has 2 aliphatic carbocycles. The number of aliphatic hydroxyl groups excluding tert-OH is 1. The Balaban J connectivity index is 1.56. The molecule has 0 bridgehead atoms. The second kappa shape index (κ2) is 4.43. The van der Waals surface area contributed by atoms with Crippen LogP contribution in [0.3, 0.4) is 0 Å².